The summed E-state index contributed by atoms with van der Waals surface area (Å²) in [5, 5.41) is 25.0. The smallest absolute Gasteiger partial charge is 0.296 e. The van der Waals surface area contributed by atoms with E-state index >= 15 is 0 Å². The third-order valence-electron chi connectivity index (χ3n) is 5.51. The molecule has 0 heterocycles. The molecule has 3 rings (SSSR count). The molecular formula is C25H24N4O11S. The number of nitrogens with one attached hydrogen (secondary N) is 2. The van der Waals surface area contributed by atoms with Gasteiger partial charge in [0.05, 0.1) is 55.6 Å². The van der Waals surface area contributed by atoms with Gasteiger partial charge in [-0.05, 0) is 30.3 Å². The molecule has 0 aromatic heterocycles. The number of benzene rings is 3. The van der Waals surface area contributed by atoms with Crippen LogP contribution in [0.5, 0.6) is 23.0 Å². The first-order chi connectivity index (χ1) is 19.4. The molecule has 0 spiro atoms. The van der Waals surface area contributed by atoms with Crippen LogP contribution in [0, 0.1) is 20.2 Å². The minimum absolute atomic E-state index is 0.0272. The highest BCUT2D eigenvalue weighted by molar-refractivity contribution is 7.92. The van der Waals surface area contributed by atoms with Gasteiger partial charge in [-0.25, -0.2) is 8.42 Å². The molecule has 0 aliphatic carbocycles. The van der Waals surface area contributed by atoms with E-state index in [2.05, 4.69) is 10.0 Å². The summed E-state index contributed by atoms with van der Waals surface area (Å²) in [6.07, 6.45) is 2.65. The lowest BCUT2D eigenvalue weighted by atomic mass is 10.1. The molecule has 3 aromatic carbocycles. The van der Waals surface area contributed by atoms with E-state index in [4.69, 9.17) is 18.9 Å². The van der Waals surface area contributed by atoms with Gasteiger partial charge in [0.25, 0.3) is 21.4 Å². The van der Waals surface area contributed by atoms with Gasteiger partial charge in [-0.3, -0.25) is 29.7 Å². The van der Waals surface area contributed by atoms with Gasteiger partial charge in [-0.2, -0.15) is 0 Å². The predicted octanol–water partition coefficient (Wildman–Crippen LogP) is 3.99. The van der Waals surface area contributed by atoms with Gasteiger partial charge >= 0.3 is 0 Å². The fourth-order valence-electron chi connectivity index (χ4n) is 3.59. The summed E-state index contributed by atoms with van der Waals surface area (Å²) in [7, 11) is 0.989. The van der Waals surface area contributed by atoms with Crippen molar-refractivity contribution in [3.8, 4) is 23.0 Å². The molecule has 16 heteroatoms. The minimum atomic E-state index is -4.64. The zero-order valence-electron chi connectivity index (χ0n) is 22.1. The molecule has 0 saturated carbocycles. The van der Waals surface area contributed by atoms with Crippen LogP contribution in [0.15, 0.2) is 59.5 Å². The number of sulfonamides is 1. The van der Waals surface area contributed by atoms with Crippen LogP contribution >= 0.6 is 0 Å². The number of ether oxygens (including phenoxy) is 4. The Morgan fingerprint density at radius 3 is 2.00 bits per heavy atom. The Bertz CT molecular complexity index is 1610. The first-order valence-corrected chi connectivity index (χ1v) is 12.8. The molecule has 1 amide bonds. The number of hydrogen-bond donors (Lipinski definition) is 2. The SMILES string of the molecule is COc1cc(OC)c(C=CC(=O)Nc2ccc(OC)c(NS(=O)(=O)c3ccc([N+](=O)[O-])cc3[N+](=O)[O-])c2)c(OC)c1. The highest BCUT2D eigenvalue weighted by atomic mass is 32.2. The lowest BCUT2D eigenvalue weighted by molar-refractivity contribution is -0.396. The van der Waals surface area contributed by atoms with E-state index in [1.165, 1.54) is 58.8 Å². The van der Waals surface area contributed by atoms with Crippen molar-refractivity contribution in [3.05, 3.63) is 80.4 Å². The molecule has 0 radical (unpaired) electrons. The Kier molecular flexibility index (Phi) is 9.31. The molecule has 41 heavy (non-hydrogen) atoms. The zero-order chi connectivity index (χ0) is 30.3. The van der Waals surface area contributed by atoms with Gasteiger partial charge in [0.2, 0.25) is 5.91 Å². The molecule has 0 atom stereocenters. The van der Waals surface area contributed by atoms with E-state index in [0.717, 1.165) is 12.1 Å². The largest absolute Gasteiger partial charge is 0.496 e. The van der Waals surface area contributed by atoms with Crippen molar-refractivity contribution in [1.29, 1.82) is 0 Å². The van der Waals surface area contributed by atoms with Crippen LogP contribution in [-0.2, 0) is 14.8 Å². The monoisotopic (exact) mass is 588 g/mol. The topological polar surface area (TPSA) is 198 Å². The summed E-state index contributed by atoms with van der Waals surface area (Å²) >= 11 is 0. The lowest BCUT2D eigenvalue weighted by Crippen LogP contribution is -2.16. The van der Waals surface area contributed by atoms with E-state index in [9.17, 15) is 33.4 Å². The average Bonchev–Trinajstić information content (AvgIpc) is 2.95. The van der Waals surface area contributed by atoms with Crippen LogP contribution in [-0.4, -0.2) is 52.6 Å². The van der Waals surface area contributed by atoms with Crippen LogP contribution in [0.25, 0.3) is 6.08 Å². The maximum Gasteiger partial charge on any atom is 0.296 e. The third-order valence-corrected chi connectivity index (χ3v) is 6.92. The quantitative estimate of drug-likeness (QED) is 0.176. The fourth-order valence-corrected chi connectivity index (χ4v) is 4.81. The summed E-state index contributed by atoms with van der Waals surface area (Å²) in [4.78, 5) is 32.4. The van der Waals surface area contributed by atoms with Gasteiger partial charge in [0, 0.05) is 30.0 Å². The number of carbonyl (C=O) groups excluding carboxylic acids is 1. The number of nitro groups is 2. The zero-order valence-corrected chi connectivity index (χ0v) is 22.9. The van der Waals surface area contributed by atoms with Crippen LogP contribution in [0.2, 0.25) is 0 Å². The number of carbonyl (C=O) groups is 1. The molecule has 0 saturated heterocycles. The summed E-state index contributed by atoms with van der Waals surface area (Å²) in [6.45, 7) is 0. The molecule has 15 nitrogen and oxygen atoms in total. The number of rotatable bonds is 12. The number of hydrogen-bond acceptors (Lipinski definition) is 11. The molecule has 3 aromatic rings. The minimum Gasteiger partial charge on any atom is -0.496 e. The van der Waals surface area contributed by atoms with E-state index < -0.39 is 42.0 Å². The van der Waals surface area contributed by atoms with Gasteiger partial charge < -0.3 is 24.3 Å². The van der Waals surface area contributed by atoms with Gasteiger partial charge in [0.1, 0.15) is 23.0 Å². The van der Waals surface area contributed by atoms with Crippen molar-refractivity contribution in [2.75, 3.05) is 38.5 Å². The summed E-state index contributed by atoms with van der Waals surface area (Å²) in [5.41, 5.74) is -1.22. The molecule has 2 N–H and O–H groups in total. The second-order valence-electron chi connectivity index (χ2n) is 7.95. The molecule has 0 fully saturated rings. The van der Waals surface area contributed by atoms with Crippen molar-refractivity contribution in [3.63, 3.8) is 0 Å². The second-order valence-corrected chi connectivity index (χ2v) is 9.61. The highest BCUT2D eigenvalue weighted by Gasteiger charge is 2.29. The number of amides is 1. The number of nitro benzene ring substituents is 2. The molecule has 0 unspecified atom stereocenters. The van der Waals surface area contributed by atoms with Gasteiger partial charge in [-0.15, -0.1) is 0 Å². The van der Waals surface area contributed by atoms with Gasteiger partial charge in [0.15, 0.2) is 4.90 Å². The maximum absolute atomic E-state index is 13.1. The van der Waals surface area contributed by atoms with E-state index in [0.29, 0.717) is 28.9 Å². The van der Waals surface area contributed by atoms with Gasteiger partial charge in [-0.1, -0.05) is 0 Å². The molecular weight excluding hydrogens is 564 g/mol. The highest BCUT2D eigenvalue weighted by Crippen LogP contribution is 2.36. The van der Waals surface area contributed by atoms with Crippen molar-refractivity contribution >= 4 is 44.8 Å². The molecule has 216 valence electrons. The van der Waals surface area contributed by atoms with Crippen molar-refractivity contribution < 1.29 is 42.0 Å². The first kappa shape index (κ1) is 30.2. The Morgan fingerprint density at radius 1 is 0.829 bits per heavy atom. The first-order valence-electron chi connectivity index (χ1n) is 11.4. The normalized spacial score (nSPS) is 11.0. The van der Waals surface area contributed by atoms with Crippen molar-refractivity contribution in [1.82, 2.24) is 0 Å². The van der Waals surface area contributed by atoms with Crippen LogP contribution in [0.1, 0.15) is 5.56 Å². The van der Waals surface area contributed by atoms with Crippen molar-refractivity contribution in [2.24, 2.45) is 0 Å². The maximum atomic E-state index is 13.1. The second kappa shape index (κ2) is 12.6. The van der Waals surface area contributed by atoms with E-state index in [-0.39, 0.29) is 17.1 Å². The number of anilines is 2. The lowest BCUT2D eigenvalue weighted by Gasteiger charge is -2.14. The average molecular weight is 589 g/mol. The summed E-state index contributed by atoms with van der Waals surface area (Å²) in [5.74, 6) is 0.667. The van der Waals surface area contributed by atoms with Crippen LogP contribution in [0.4, 0.5) is 22.7 Å². The Labute approximate surface area is 233 Å². The molecule has 0 aliphatic rings. The fraction of sp³-hybridized carbons (Fsp3) is 0.160. The Morgan fingerprint density at radius 2 is 1.46 bits per heavy atom. The van der Waals surface area contributed by atoms with Crippen LogP contribution in [0.3, 0.4) is 0 Å². The number of nitrogens with zero attached hydrogens (tertiary/aromatic N) is 2. The number of methoxy groups -OCH3 is 4. The standard InChI is InChI=1S/C25H24N4O11S/c1-37-17-13-22(39-3)18(23(14-17)40-4)7-10-25(30)26-15-5-8-21(38-2)19(11-15)27-41(35,36)24-9-6-16(28(31)32)12-20(24)29(33)34/h5-14,27H,1-4H3,(H,26,30). The van der Waals surface area contributed by atoms with Crippen LogP contribution < -0.4 is 29.0 Å². The number of non-ortho nitro benzene ring substituents is 1. The van der Waals surface area contributed by atoms with E-state index in [1.54, 1.807) is 12.1 Å². The summed E-state index contributed by atoms with van der Waals surface area (Å²) in [6, 6.07) is 9.37. The predicted molar refractivity (Wildman–Crippen MR) is 147 cm³/mol. The Hall–Kier alpha value is -5.38. The third kappa shape index (κ3) is 6.99. The Balaban J connectivity index is 1.90. The summed E-state index contributed by atoms with van der Waals surface area (Å²) < 4.78 is 49.4. The molecule has 0 aliphatic heterocycles. The van der Waals surface area contributed by atoms with E-state index in [1.807, 2.05) is 0 Å². The molecule has 0 bridgehead atoms. The van der Waals surface area contributed by atoms with Crippen molar-refractivity contribution in [2.45, 2.75) is 4.90 Å².